The van der Waals surface area contributed by atoms with Gasteiger partial charge >= 0.3 is 6.03 Å². The monoisotopic (exact) mass is 416 g/mol. The highest BCUT2D eigenvalue weighted by molar-refractivity contribution is 6.20. The highest BCUT2D eigenvalue weighted by atomic mass is 19.1. The minimum absolute atomic E-state index is 0.0425. The number of nitrogens with zero attached hydrogens (tertiary/aromatic N) is 2. The molecule has 2 aromatic rings. The summed E-state index contributed by atoms with van der Waals surface area (Å²) in [5.41, 5.74) is -0.294. The normalized spacial score (nSPS) is 27.7. The highest BCUT2D eigenvalue weighted by Gasteiger charge is 2.63. The van der Waals surface area contributed by atoms with Gasteiger partial charge in [-0.1, -0.05) is 12.1 Å². The summed E-state index contributed by atoms with van der Waals surface area (Å²) < 4.78 is 26.9. The van der Waals surface area contributed by atoms with E-state index in [4.69, 9.17) is 9.26 Å². The molecule has 0 saturated carbocycles. The third-order valence-electron chi connectivity index (χ3n) is 6.42. The number of benzene rings is 1. The second-order valence-electron chi connectivity index (χ2n) is 8.22. The molecule has 1 aromatic heterocycles. The number of imide groups is 2. The van der Waals surface area contributed by atoms with Crippen LogP contribution in [0.5, 0.6) is 0 Å². The Balaban J connectivity index is 1.80. The van der Waals surface area contributed by atoms with Crippen molar-refractivity contribution in [2.45, 2.75) is 51.9 Å². The van der Waals surface area contributed by atoms with Gasteiger partial charge in [0.15, 0.2) is 11.2 Å². The van der Waals surface area contributed by atoms with Gasteiger partial charge < -0.3 is 14.2 Å². The molecule has 1 aromatic carbocycles. The summed E-state index contributed by atoms with van der Waals surface area (Å²) in [5.74, 6) is -1.97. The van der Waals surface area contributed by atoms with Crippen LogP contribution in [0.4, 0.5) is 14.9 Å². The van der Waals surface area contributed by atoms with Crippen LogP contribution >= 0.6 is 0 Å². The molecule has 5 rings (SSSR count). The van der Waals surface area contributed by atoms with Crippen LogP contribution in [0.25, 0.3) is 11.0 Å². The van der Waals surface area contributed by atoms with Crippen LogP contribution in [0, 0.1) is 18.2 Å². The Morgan fingerprint density at radius 1 is 1.30 bits per heavy atom. The first kappa shape index (κ1) is 19.0. The molecule has 1 spiro atoms. The number of carbonyl (C=O) groups excluding carboxylic acids is 3. The first-order valence-electron chi connectivity index (χ1n) is 9.94. The molecule has 3 aliphatic rings. The molecule has 3 aliphatic heterocycles. The topological polar surface area (TPSA) is 114 Å². The van der Waals surface area contributed by atoms with E-state index in [0.29, 0.717) is 28.8 Å². The number of anilines is 1. The molecule has 158 valence electrons. The maximum atomic E-state index is 15.6. The van der Waals surface area contributed by atoms with Gasteiger partial charge in [-0.15, -0.1) is 0 Å². The number of hydrogen-bond donors (Lipinski definition) is 2. The number of aryl methyl sites for hydroxylation is 1. The van der Waals surface area contributed by atoms with E-state index < -0.39 is 41.2 Å². The zero-order valence-electron chi connectivity index (χ0n) is 16.7. The average Bonchev–Trinajstić information content (AvgIpc) is 3.06. The molecule has 10 heteroatoms. The molecule has 4 amide bonds. The van der Waals surface area contributed by atoms with Gasteiger partial charge in [0.1, 0.15) is 0 Å². The largest absolute Gasteiger partial charge is 0.371 e. The van der Waals surface area contributed by atoms with Crippen molar-refractivity contribution in [3.05, 3.63) is 23.1 Å². The van der Waals surface area contributed by atoms with Crippen molar-refractivity contribution in [2.24, 2.45) is 5.41 Å². The van der Waals surface area contributed by atoms with E-state index in [1.165, 1.54) is 0 Å². The zero-order chi connectivity index (χ0) is 21.4. The summed E-state index contributed by atoms with van der Waals surface area (Å²) in [4.78, 5) is 39.8. The van der Waals surface area contributed by atoms with Crippen molar-refractivity contribution in [3.63, 3.8) is 0 Å². The van der Waals surface area contributed by atoms with Crippen molar-refractivity contribution >= 4 is 34.5 Å². The molecule has 4 heterocycles. The molecule has 2 fully saturated rings. The number of hydrogen-bond acceptors (Lipinski definition) is 7. The predicted octanol–water partition coefficient (Wildman–Crippen LogP) is 1.56. The lowest BCUT2D eigenvalue weighted by Crippen LogP contribution is -2.75. The van der Waals surface area contributed by atoms with E-state index >= 15 is 4.39 Å². The SMILES string of the molecule is CCC1OC(C)CN2c3c(cc4c(C)noc4c3F)CC3(C(=O)NC(=O)NC3=O)C12. The van der Waals surface area contributed by atoms with Crippen LogP contribution in [0.1, 0.15) is 31.5 Å². The average molecular weight is 416 g/mol. The fourth-order valence-corrected chi connectivity index (χ4v) is 5.18. The lowest BCUT2D eigenvalue weighted by Gasteiger charge is -2.55. The molecule has 0 bridgehead atoms. The first-order valence-corrected chi connectivity index (χ1v) is 9.94. The van der Waals surface area contributed by atoms with E-state index in [0.717, 1.165) is 0 Å². The van der Waals surface area contributed by atoms with E-state index in [1.807, 2.05) is 13.8 Å². The Bertz CT molecular complexity index is 1090. The Morgan fingerprint density at radius 3 is 2.67 bits per heavy atom. The summed E-state index contributed by atoms with van der Waals surface area (Å²) in [5, 5.41) is 8.81. The number of fused-ring (bicyclic) bond motifs is 5. The molecule has 3 unspecified atom stereocenters. The summed E-state index contributed by atoms with van der Waals surface area (Å²) in [6.45, 7) is 5.72. The number of aromatic nitrogens is 1. The number of urea groups is 1. The number of nitrogens with one attached hydrogen (secondary N) is 2. The third-order valence-corrected chi connectivity index (χ3v) is 6.42. The van der Waals surface area contributed by atoms with Gasteiger partial charge in [0.2, 0.25) is 17.4 Å². The van der Waals surface area contributed by atoms with Crippen LogP contribution in [-0.4, -0.2) is 47.8 Å². The second-order valence-corrected chi connectivity index (χ2v) is 8.22. The Morgan fingerprint density at radius 2 is 2.00 bits per heavy atom. The maximum Gasteiger partial charge on any atom is 0.328 e. The molecule has 30 heavy (non-hydrogen) atoms. The fourth-order valence-electron chi connectivity index (χ4n) is 5.18. The molecule has 2 N–H and O–H groups in total. The molecule has 0 aliphatic carbocycles. The van der Waals surface area contributed by atoms with Gasteiger partial charge in [-0.3, -0.25) is 20.2 Å². The Labute approximate surface area is 170 Å². The van der Waals surface area contributed by atoms with Crippen molar-refractivity contribution in [1.29, 1.82) is 0 Å². The molecule has 3 atom stereocenters. The van der Waals surface area contributed by atoms with Crippen LogP contribution in [0.2, 0.25) is 0 Å². The van der Waals surface area contributed by atoms with Crippen LogP contribution in [0.3, 0.4) is 0 Å². The molecule has 9 nitrogen and oxygen atoms in total. The zero-order valence-corrected chi connectivity index (χ0v) is 16.7. The molecular formula is C20H21FN4O5. The number of rotatable bonds is 1. The number of amides is 4. The highest BCUT2D eigenvalue weighted by Crippen LogP contribution is 2.49. The fraction of sp³-hybridized carbons (Fsp3) is 0.500. The number of halogens is 1. The van der Waals surface area contributed by atoms with Crippen molar-refractivity contribution in [3.8, 4) is 0 Å². The molecular weight excluding hydrogens is 395 g/mol. The number of morpholine rings is 1. The van der Waals surface area contributed by atoms with Gasteiger partial charge in [-0.05, 0) is 31.9 Å². The Hall–Kier alpha value is -3.01. The lowest BCUT2D eigenvalue weighted by molar-refractivity contribution is -0.154. The van der Waals surface area contributed by atoms with Gasteiger partial charge in [-0.2, -0.15) is 0 Å². The quantitative estimate of drug-likeness (QED) is 0.678. The molecule has 0 radical (unpaired) electrons. The standard InChI is InChI=1S/C20H21FN4O5/c1-4-12-16-20(17(26)22-19(28)23-18(20)27)6-10-5-11-9(3)24-30-15(11)13(21)14(10)25(16)7-8(2)29-12/h5,8,12,16H,4,6-7H2,1-3H3,(H2,22,23,26,27,28). The summed E-state index contributed by atoms with van der Waals surface area (Å²) >= 11 is 0. The lowest BCUT2D eigenvalue weighted by atomic mass is 9.66. The number of ether oxygens (including phenoxy) is 1. The minimum Gasteiger partial charge on any atom is -0.371 e. The number of barbiturate groups is 1. The molecule has 2 saturated heterocycles. The first-order chi connectivity index (χ1) is 14.3. The predicted molar refractivity (Wildman–Crippen MR) is 102 cm³/mol. The van der Waals surface area contributed by atoms with Crippen LogP contribution in [0.15, 0.2) is 10.6 Å². The van der Waals surface area contributed by atoms with E-state index in [1.54, 1.807) is 17.9 Å². The van der Waals surface area contributed by atoms with Gasteiger partial charge in [0, 0.05) is 18.4 Å². The summed E-state index contributed by atoms with van der Waals surface area (Å²) in [6, 6.07) is 0.0770. The van der Waals surface area contributed by atoms with Crippen molar-refractivity contribution in [1.82, 2.24) is 15.8 Å². The maximum absolute atomic E-state index is 15.6. The Kier molecular flexibility index (Phi) is 3.95. The number of carbonyl (C=O) groups is 3. The summed E-state index contributed by atoms with van der Waals surface area (Å²) in [7, 11) is 0. The minimum atomic E-state index is -1.63. The van der Waals surface area contributed by atoms with Crippen LogP contribution < -0.4 is 15.5 Å². The smallest absolute Gasteiger partial charge is 0.328 e. The van der Waals surface area contributed by atoms with Gasteiger partial charge in [0.05, 0.1) is 29.6 Å². The third kappa shape index (κ3) is 2.31. The van der Waals surface area contributed by atoms with E-state index in [-0.39, 0.29) is 24.7 Å². The van der Waals surface area contributed by atoms with Crippen molar-refractivity contribution < 1.29 is 28.0 Å². The van der Waals surface area contributed by atoms with Crippen LogP contribution in [-0.2, 0) is 20.7 Å². The van der Waals surface area contributed by atoms with E-state index in [2.05, 4.69) is 15.8 Å². The van der Waals surface area contributed by atoms with Crippen molar-refractivity contribution in [2.75, 3.05) is 11.4 Å². The van der Waals surface area contributed by atoms with Gasteiger partial charge in [-0.25, -0.2) is 9.18 Å². The second kappa shape index (κ2) is 6.24. The van der Waals surface area contributed by atoms with E-state index in [9.17, 15) is 14.4 Å². The summed E-state index contributed by atoms with van der Waals surface area (Å²) in [6.07, 6.45) is -0.335. The van der Waals surface area contributed by atoms with Gasteiger partial charge in [0.25, 0.3) is 0 Å².